The highest BCUT2D eigenvalue weighted by molar-refractivity contribution is 5.45. The lowest BCUT2D eigenvalue weighted by Crippen LogP contribution is -2.36. The van der Waals surface area contributed by atoms with Gasteiger partial charge in [0.15, 0.2) is 0 Å². The molecule has 0 spiro atoms. The molecule has 2 atom stereocenters. The molecule has 1 aromatic rings. The molecule has 1 saturated carbocycles. The van der Waals surface area contributed by atoms with Gasteiger partial charge in [0.1, 0.15) is 5.82 Å². The van der Waals surface area contributed by atoms with Gasteiger partial charge in [-0.15, -0.1) is 0 Å². The summed E-state index contributed by atoms with van der Waals surface area (Å²) in [5, 5.41) is 3.39. The van der Waals surface area contributed by atoms with Crippen molar-refractivity contribution in [3.63, 3.8) is 0 Å². The molecule has 0 saturated heterocycles. The highest BCUT2D eigenvalue weighted by Gasteiger charge is 2.26. The van der Waals surface area contributed by atoms with Crippen LogP contribution in [0.5, 0.6) is 0 Å². The topological polar surface area (TPSA) is 15.3 Å². The average molecular weight is 236 g/mol. The van der Waals surface area contributed by atoms with Gasteiger partial charge in [-0.05, 0) is 50.1 Å². The minimum absolute atomic E-state index is 0.170. The molecule has 1 fully saturated rings. The second-order valence-electron chi connectivity index (χ2n) is 4.94. The molecule has 1 aliphatic carbocycles. The lowest BCUT2D eigenvalue weighted by Gasteiger charge is -2.27. The van der Waals surface area contributed by atoms with Crippen molar-refractivity contribution in [3.05, 3.63) is 30.1 Å². The predicted molar refractivity (Wildman–Crippen MR) is 69.9 cm³/mol. The largest absolute Gasteiger partial charge is 0.374 e. The van der Waals surface area contributed by atoms with Gasteiger partial charge in [0.25, 0.3) is 0 Å². The summed E-state index contributed by atoms with van der Waals surface area (Å²) in [5.74, 6) is 0.533. The Morgan fingerprint density at radius 1 is 1.29 bits per heavy atom. The van der Waals surface area contributed by atoms with Crippen LogP contribution in [0.1, 0.15) is 19.3 Å². The van der Waals surface area contributed by atoms with E-state index < -0.39 is 0 Å². The van der Waals surface area contributed by atoms with E-state index in [-0.39, 0.29) is 5.82 Å². The maximum Gasteiger partial charge on any atom is 0.123 e. The SMILES string of the molecule is CNC1CCCC1CN(C)c1ccc(F)cc1. The Hall–Kier alpha value is -1.09. The van der Waals surface area contributed by atoms with E-state index >= 15 is 0 Å². The van der Waals surface area contributed by atoms with E-state index in [1.807, 2.05) is 19.2 Å². The van der Waals surface area contributed by atoms with Crippen molar-refractivity contribution in [1.29, 1.82) is 0 Å². The highest BCUT2D eigenvalue weighted by Crippen LogP contribution is 2.27. The summed E-state index contributed by atoms with van der Waals surface area (Å²) in [4.78, 5) is 2.22. The minimum Gasteiger partial charge on any atom is -0.374 e. The van der Waals surface area contributed by atoms with Gasteiger partial charge in [-0.2, -0.15) is 0 Å². The Bertz CT molecular complexity index is 350. The van der Waals surface area contributed by atoms with Crippen LogP contribution in [0.4, 0.5) is 10.1 Å². The summed E-state index contributed by atoms with van der Waals surface area (Å²) >= 11 is 0. The van der Waals surface area contributed by atoms with Crippen LogP contribution in [-0.4, -0.2) is 26.7 Å². The fourth-order valence-corrected chi connectivity index (χ4v) is 2.79. The molecular weight excluding hydrogens is 215 g/mol. The molecule has 0 aromatic heterocycles. The average Bonchev–Trinajstić information content (AvgIpc) is 2.77. The Morgan fingerprint density at radius 3 is 2.65 bits per heavy atom. The summed E-state index contributed by atoms with van der Waals surface area (Å²) in [5.41, 5.74) is 1.09. The van der Waals surface area contributed by atoms with Gasteiger partial charge in [-0.25, -0.2) is 4.39 Å². The van der Waals surface area contributed by atoms with Crippen LogP contribution in [-0.2, 0) is 0 Å². The maximum absolute atomic E-state index is 12.8. The molecule has 0 aliphatic heterocycles. The van der Waals surface area contributed by atoms with E-state index in [2.05, 4.69) is 17.3 Å². The molecule has 2 rings (SSSR count). The number of hydrogen-bond acceptors (Lipinski definition) is 2. The summed E-state index contributed by atoms with van der Waals surface area (Å²) in [6, 6.07) is 7.38. The highest BCUT2D eigenvalue weighted by atomic mass is 19.1. The summed E-state index contributed by atoms with van der Waals surface area (Å²) < 4.78 is 12.8. The number of nitrogens with one attached hydrogen (secondary N) is 1. The summed E-state index contributed by atoms with van der Waals surface area (Å²) in [6.07, 6.45) is 3.88. The molecule has 0 amide bonds. The van der Waals surface area contributed by atoms with Crippen molar-refractivity contribution in [2.24, 2.45) is 5.92 Å². The van der Waals surface area contributed by atoms with Gasteiger partial charge in [0.2, 0.25) is 0 Å². The lowest BCUT2D eigenvalue weighted by molar-refractivity contribution is 0.428. The third-order valence-electron chi connectivity index (χ3n) is 3.81. The van der Waals surface area contributed by atoms with Crippen molar-refractivity contribution in [2.45, 2.75) is 25.3 Å². The fourth-order valence-electron chi connectivity index (χ4n) is 2.79. The first-order valence-corrected chi connectivity index (χ1v) is 6.34. The number of anilines is 1. The molecule has 1 aliphatic rings. The lowest BCUT2D eigenvalue weighted by atomic mass is 10.0. The van der Waals surface area contributed by atoms with Crippen LogP contribution in [0, 0.1) is 11.7 Å². The van der Waals surface area contributed by atoms with Crippen LogP contribution in [0.25, 0.3) is 0 Å². The first kappa shape index (κ1) is 12.4. The zero-order valence-electron chi connectivity index (χ0n) is 10.6. The van der Waals surface area contributed by atoms with Crippen LogP contribution in [0.15, 0.2) is 24.3 Å². The third kappa shape index (κ3) is 2.97. The number of hydrogen-bond donors (Lipinski definition) is 1. The van der Waals surface area contributed by atoms with Crippen molar-refractivity contribution in [3.8, 4) is 0 Å². The van der Waals surface area contributed by atoms with E-state index in [1.165, 1.54) is 31.4 Å². The summed E-state index contributed by atoms with van der Waals surface area (Å²) in [7, 11) is 4.12. The zero-order valence-corrected chi connectivity index (χ0v) is 10.6. The van der Waals surface area contributed by atoms with Crippen LogP contribution in [0.2, 0.25) is 0 Å². The Balaban J connectivity index is 1.96. The van der Waals surface area contributed by atoms with E-state index in [1.54, 1.807) is 0 Å². The van der Waals surface area contributed by atoms with Crippen molar-refractivity contribution in [1.82, 2.24) is 5.32 Å². The zero-order chi connectivity index (χ0) is 12.3. The van der Waals surface area contributed by atoms with Gasteiger partial charge in [0.05, 0.1) is 0 Å². The number of rotatable bonds is 4. The quantitative estimate of drug-likeness (QED) is 0.864. The van der Waals surface area contributed by atoms with Gasteiger partial charge in [-0.3, -0.25) is 0 Å². The molecule has 0 bridgehead atoms. The van der Waals surface area contributed by atoms with E-state index in [0.29, 0.717) is 12.0 Å². The van der Waals surface area contributed by atoms with Gasteiger partial charge in [0, 0.05) is 25.3 Å². The molecule has 1 aromatic carbocycles. The molecular formula is C14H21FN2. The van der Waals surface area contributed by atoms with E-state index in [9.17, 15) is 4.39 Å². The van der Waals surface area contributed by atoms with Crippen molar-refractivity contribution >= 4 is 5.69 Å². The molecule has 0 radical (unpaired) electrons. The first-order chi connectivity index (χ1) is 8.20. The molecule has 0 heterocycles. The van der Waals surface area contributed by atoms with Crippen molar-refractivity contribution < 1.29 is 4.39 Å². The monoisotopic (exact) mass is 236 g/mol. The fraction of sp³-hybridized carbons (Fsp3) is 0.571. The molecule has 17 heavy (non-hydrogen) atoms. The third-order valence-corrected chi connectivity index (χ3v) is 3.81. The minimum atomic E-state index is -0.170. The van der Waals surface area contributed by atoms with E-state index in [0.717, 1.165) is 12.2 Å². The number of benzene rings is 1. The normalized spacial score (nSPS) is 23.9. The van der Waals surface area contributed by atoms with Gasteiger partial charge >= 0.3 is 0 Å². The second kappa shape index (κ2) is 5.50. The standard InChI is InChI=1S/C14H21FN2/c1-16-14-5-3-4-11(14)10-17(2)13-8-6-12(15)7-9-13/h6-9,11,14,16H,3-5,10H2,1-2H3. The Morgan fingerprint density at radius 2 is 2.00 bits per heavy atom. The van der Waals surface area contributed by atoms with Crippen LogP contribution >= 0.6 is 0 Å². The number of halogens is 1. The van der Waals surface area contributed by atoms with E-state index in [4.69, 9.17) is 0 Å². The smallest absolute Gasteiger partial charge is 0.123 e. The predicted octanol–water partition coefficient (Wildman–Crippen LogP) is 2.65. The molecule has 3 heteroatoms. The molecule has 94 valence electrons. The Kier molecular flexibility index (Phi) is 4.00. The maximum atomic E-state index is 12.8. The number of nitrogens with zero attached hydrogens (tertiary/aromatic N) is 1. The van der Waals surface area contributed by atoms with Gasteiger partial charge < -0.3 is 10.2 Å². The van der Waals surface area contributed by atoms with Crippen molar-refractivity contribution in [2.75, 3.05) is 25.5 Å². The Labute approximate surface area is 103 Å². The van der Waals surface area contributed by atoms with Gasteiger partial charge in [-0.1, -0.05) is 6.42 Å². The first-order valence-electron chi connectivity index (χ1n) is 6.34. The molecule has 1 N–H and O–H groups in total. The second-order valence-corrected chi connectivity index (χ2v) is 4.94. The molecule has 2 unspecified atom stereocenters. The van der Waals surface area contributed by atoms with Crippen LogP contribution in [0.3, 0.4) is 0 Å². The molecule has 2 nitrogen and oxygen atoms in total. The summed E-state index contributed by atoms with van der Waals surface area (Å²) in [6.45, 7) is 1.04. The van der Waals surface area contributed by atoms with Crippen LogP contribution < -0.4 is 10.2 Å².